The highest BCUT2D eigenvalue weighted by Gasteiger charge is 2.44. The zero-order valence-electron chi connectivity index (χ0n) is 21.6. The van der Waals surface area contributed by atoms with Crippen LogP contribution >= 0.6 is 0 Å². The number of fused-ring (bicyclic) bond motifs is 2. The van der Waals surface area contributed by atoms with Crippen LogP contribution in [0.15, 0.2) is 42.5 Å². The van der Waals surface area contributed by atoms with E-state index in [0.717, 1.165) is 54.8 Å². The second-order valence-corrected chi connectivity index (χ2v) is 12.6. The largest absolute Gasteiger partial charge is 0.493 e. The predicted octanol–water partition coefficient (Wildman–Crippen LogP) is 3.78. The molecule has 2 bridgehead atoms. The Morgan fingerprint density at radius 1 is 1.00 bits per heavy atom. The van der Waals surface area contributed by atoms with Gasteiger partial charge >= 0.3 is 16.2 Å². The van der Waals surface area contributed by atoms with Crippen LogP contribution in [0.5, 0.6) is 5.75 Å². The highest BCUT2D eigenvalue weighted by Crippen LogP contribution is 2.46. The summed E-state index contributed by atoms with van der Waals surface area (Å²) in [6, 6.07) is 11.8. The fourth-order valence-corrected chi connectivity index (χ4v) is 7.02. The van der Waals surface area contributed by atoms with E-state index >= 15 is 4.39 Å². The number of carbonyl (C=O) groups excluding carboxylic acids is 2. The zero-order valence-corrected chi connectivity index (χ0v) is 22.4. The summed E-state index contributed by atoms with van der Waals surface area (Å²) in [5.74, 6) is -1.35. The summed E-state index contributed by atoms with van der Waals surface area (Å²) in [6.07, 6.45) is 6.03. The highest BCUT2D eigenvalue weighted by molar-refractivity contribution is 7.87. The third-order valence-electron chi connectivity index (χ3n) is 8.17. The number of hydrogen-bond acceptors (Lipinski definition) is 7. The Kier molecular flexibility index (Phi) is 7.07. The molecule has 0 spiro atoms. The fraction of sp³-hybridized carbons (Fsp3) is 0.500. The van der Waals surface area contributed by atoms with Crippen LogP contribution in [-0.4, -0.2) is 61.4 Å². The molecule has 4 fully saturated rings. The molecule has 2 aromatic rings. The van der Waals surface area contributed by atoms with E-state index in [0.29, 0.717) is 31.0 Å². The Labute approximate surface area is 227 Å². The van der Waals surface area contributed by atoms with E-state index in [2.05, 4.69) is 0 Å². The van der Waals surface area contributed by atoms with E-state index in [1.165, 1.54) is 12.1 Å². The van der Waals surface area contributed by atoms with Crippen molar-refractivity contribution in [2.24, 2.45) is 5.92 Å². The van der Waals surface area contributed by atoms with Crippen LogP contribution in [0.25, 0.3) is 0 Å². The molecule has 2 aromatic carbocycles. The second-order valence-electron chi connectivity index (χ2n) is 11.0. The average Bonchev–Trinajstić information content (AvgIpc) is 3.68. The highest BCUT2D eigenvalue weighted by atomic mass is 32.2. The Bertz CT molecular complexity index is 1350. The maximum absolute atomic E-state index is 15.0. The number of piperidine rings is 1. The van der Waals surface area contributed by atoms with Gasteiger partial charge in [0.1, 0.15) is 11.6 Å². The smallest absolute Gasteiger partial charge is 0.357 e. The number of nitrogens with zero attached hydrogens (tertiary/aromatic N) is 2. The van der Waals surface area contributed by atoms with E-state index in [-0.39, 0.29) is 35.5 Å². The van der Waals surface area contributed by atoms with Crippen molar-refractivity contribution in [2.45, 2.75) is 62.9 Å². The number of nitrogens with one attached hydrogen (secondary N) is 1. The van der Waals surface area contributed by atoms with Crippen molar-refractivity contribution in [3.63, 3.8) is 0 Å². The summed E-state index contributed by atoms with van der Waals surface area (Å²) in [4.78, 5) is 31.0. The number of amides is 1. The maximum Gasteiger partial charge on any atom is 0.357 e. The van der Waals surface area contributed by atoms with Crippen molar-refractivity contribution in [3.05, 3.63) is 65.0 Å². The van der Waals surface area contributed by atoms with E-state index in [1.54, 1.807) is 12.1 Å². The molecule has 2 atom stereocenters. The number of rotatable bonds is 9. The summed E-state index contributed by atoms with van der Waals surface area (Å²) < 4.78 is 49.0. The molecule has 0 radical (unpaired) electrons. The third kappa shape index (κ3) is 5.53. The van der Waals surface area contributed by atoms with E-state index < -0.39 is 21.9 Å². The molecule has 3 saturated heterocycles. The van der Waals surface area contributed by atoms with Crippen LogP contribution in [0, 0.1) is 11.7 Å². The van der Waals surface area contributed by atoms with E-state index in [9.17, 15) is 18.0 Å². The number of halogens is 1. The first-order chi connectivity index (χ1) is 18.8. The minimum absolute atomic E-state index is 0.115. The molecular weight excluding hydrogens is 525 g/mol. The summed E-state index contributed by atoms with van der Waals surface area (Å²) in [7, 11) is -3.97. The first-order valence-electron chi connectivity index (χ1n) is 13.6. The van der Waals surface area contributed by atoms with Gasteiger partial charge in [0.2, 0.25) is 0 Å². The van der Waals surface area contributed by atoms with Crippen molar-refractivity contribution in [2.75, 3.05) is 19.7 Å². The van der Waals surface area contributed by atoms with Crippen molar-refractivity contribution < 1.29 is 32.0 Å². The zero-order chi connectivity index (χ0) is 27.1. The van der Waals surface area contributed by atoms with Crippen LogP contribution < -0.4 is 9.46 Å². The maximum atomic E-state index is 15.0. The van der Waals surface area contributed by atoms with Crippen LogP contribution in [0.3, 0.4) is 0 Å². The first-order valence-corrected chi connectivity index (χ1v) is 15.1. The monoisotopic (exact) mass is 557 g/mol. The molecule has 1 saturated carbocycles. The molecule has 1 amide bonds. The molecular formula is C28H32FN3O6S. The lowest BCUT2D eigenvalue weighted by Gasteiger charge is -2.37. The number of hydroxylamine groups is 2. The van der Waals surface area contributed by atoms with Gasteiger partial charge in [-0.3, -0.25) is 4.79 Å². The molecule has 4 aliphatic rings. The molecule has 39 heavy (non-hydrogen) atoms. The number of hydrogen-bond donors (Lipinski definition) is 1. The standard InChI is InChI=1S/C28H32FN3O6S/c29-25-16-26(23(19-7-8-19)15-24(25)27(33)30-39(35,36)31-11-4-12-31)37-17-18-13-21-9-10-22(14-18)32(21)38-28(34)20-5-2-1-3-6-20/h1-3,5-6,15-16,18-19,21-22H,4,7-14,17H2,(H,30,33). The number of benzene rings is 2. The Morgan fingerprint density at radius 3 is 2.31 bits per heavy atom. The van der Waals surface area contributed by atoms with Gasteiger partial charge in [0.25, 0.3) is 5.91 Å². The van der Waals surface area contributed by atoms with Crippen molar-refractivity contribution in [1.82, 2.24) is 14.1 Å². The Morgan fingerprint density at radius 2 is 1.69 bits per heavy atom. The SMILES string of the molecule is O=C(ON1C2CCC1CC(COc1cc(F)c(C(=O)NS(=O)(=O)N3CCC3)cc1C1CC1)C2)c1ccccc1. The Hall–Kier alpha value is -3.02. The lowest BCUT2D eigenvalue weighted by atomic mass is 9.93. The Balaban J connectivity index is 1.10. The third-order valence-corrected chi connectivity index (χ3v) is 9.66. The van der Waals surface area contributed by atoms with Crippen LogP contribution in [-0.2, 0) is 15.0 Å². The molecule has 2 unspecified atom stereocenters. The summed E-state index contributed by atoms with van der Waals surface area (Å²) in [6.45, 7) is 1.09. The van der Waals surface area contributed by atoms with E-state index in [4.69, 9.17) is 9.57 Å². The number of carbonyl (C=O) groups is 2. The van der Waals surface area contributed by atoms with Gasteiger partial charge in [0.05, 0.1) is 17.7 Å². The van der Waals surface area contributed by atoms with Gasteiger partial charge in [0, 0.05) is 31.2 Å². The van der Waals surface area contributed by atoms with Crippen LogP contribution in [0.2, 0.25) is 0 Å². The molecule has 208 valence electrons. The molecule has 1 aliphatic carbocycles. The topological polar surface area (TPSA) is 105 Å². The van der Waals surface area contributed by atoms with Gasteiger partial charge in [-0.25, -0.2) is 13.9 Å². The summed E-state index contributed by atoms with van der Waals surface area (Å²) in [5.41, 5.74) is 0.965. The molecule has 1 N–H and O–H groups in total. The average molecular weight is 558 g/mol. The molecule has 3 heterocycles. The summed E-state index contributed by atoms with van der Waals surface area (Å²) >= 11 is 0. The van der Waals surface area contributed by atoms with Crippen molar-refractivity contribution in [3.8, 4) is 5.75 Å². The van der Waals surface area contributed by atoms with Crippen LogP contribution in [0.4, 0.5) is 4.39 Å². The predicted molar refractivity (Wildman–Crippen MR) is 140 cm³/mol. The quantitative estimate of drug-likeness (QED) is 0.500. The fourth-order valence-electron chi connectivity index (χ4n) is 5.81. The van der Waals surface area contributed by atoms with Gasteiger partial charge in [-0.1, -0.05) is 18.2 Å². The number of ether oxygens (including phenoxy) is 1. The lowest BCUT2D eigenvalue weighted by molar-refractivity contribution is -0.166. The second kappa shape index (κ2) is 10.5. The summed E-state index contributed by atoms with van der Waals surface area (Å²) in [5, 5.41) is 1.85. The molecule has 9 nitrogen and oxygen atoms in total. The lowest BCUT2D eigenvalue weighted by Crippen LogP contribution is -2.49. The first kappa shape index (κ1) is 26.2. The minimum atomic E-state index is -3.97. The normalized spacial score (nSPS) is 25.1. The van der Waals surface area contributed by atoms with Gasteiger partial charge < -0.3 is 9.57 Å². The van der Waals surface area contributed by atoms with Crippen molar-refractivity contribution >= 4 is 22.1 Å². The van der Waals surface area contributed by atoms with Gasteiger partial charge in [-0.2, -0.15) is 12.7 Å². The molecule has 3 aliphatic heterocycles. The van der Waals surface area contributed by atoms with Gasteiger partial charge in [-0.05, 0) is 80.5 Å². The van der Waals surface area contributed by atoms with Crippen LogP contribution in [0.1, 0.15) is 77.1 Å². The van der Waals surface area contributed by atoms with Crippen molar-refractivity contribution in [1.29, 1.82) is 0 Å². The van der Waals surface area contributed by atoms with E-state index in [1.807, 2.05) is 28.0 Å². The van der Waals surface area contributed by atoms with Gasteiger partial charge in [-0.15, -0.1) is 5.06 Å². The van der Waals surface area contributed by atoms with Gasteiger partial charge in [0.15, 0.2) is 0 Å². The minimum Gasteiger partial charge on any atom is -0.493 e. The molecule has 6 rings (SSSR count). The molecule has 0 aromatic heterocycles. The molecule has 11 heteroatoms.